The number of nitrogens with zero attached hydrogens (tertiary/aromatic N) is 4. The highest BCUT2D eigenvalue weighted by molar-refractivity contribution is 6.76. The molecule has 0 fully saturated rings. The zero-order valence-electron chi connectivity index (χ0n) is 23.8. The summed E-state index contributed by atoms with van der Waals surface area (Å²) in [6.07, 6.45) is 1.36. The predicted molar refractivity (Wildman–Crippen MR) is 166 cm³/mol. The molecule has 216 valence electrons. The first-order chi connectivity index (χ1) is 18.9. The van der Waals surface area contributed by atoms with Crippen molar-refractivity contribution in [3.05, 3.63) is 52.3 Å². The van der Waals surface area contributed by atoms with Crippen molar-refractivity contribution in [3.63, 3.8) is 0 Å². The molecule has 0 unspecified atom stereocenters. The lowest BCUT2D eigenvalue weighted by Gasteiger charge is -2.30. The molecule has 0 radical (unpaired) electrons. The van der Waals surface area contributed by atoms with Crippen LogP contribution in [0.1, 0.15) is 5.56 Å². The number of rotatable bonds is 11. The minimum Gasteiger partial charge on any atom is -0.495 e. The molecule has 3 aromatic rings. The van der Waals surface area contributed by atoms with Crippen molar-refractivity contribution >= 4 is 66.0 Å². The first-order valence-electron chi connectivity index (χ1n) is 12.5. The summed E-state index contributed by atoms with van der Waals surface area (Å²) in [5, 5.41) is 3.47. The number of nitrogens with two attached hydrogens (primary N) is 1. The van der Waals surface area contributed by atoms with Gasteiger partial charge < -0.3 is 25.3 Å². The van der Waals surface area contributed by atoms with E-state index in [-0.39, 0.29) is 22.5 Å². The third-order valence-corrected chi connectivity index (χ3v) is 8.57. The number of ether oxygens (including phenoxy) is 3. The summed E-state index contributed by atoms with van der Waals surface area (Å²) < 4.78 is 16.8. The number of aryl methyl sites for hydroxylation is 1. The molecule has 3 N–H and O–H groups in total. The molecule has 0 atom stereocenters. The predicted octanol–water partition coefficient (Wildman–Crippen LogP) is 6.81. The highest BCUT2D eigenvalue weighted by Crippen LogP contribution is 2.46. The number of hydrogen-bond donors (Lipinski definition) is 2. The fraction of sp³-hybridized carbons (Fsp3) is 0.370. The van der Waals surface area contributed by atoms with Crippen LogP contribution in [-0.4, -0.2) is 58.7 Å². The molecule has 40 heavy (non-hydrogen) atoms. The Morgan fingerprint density at radius 2 is 1.73 bits per heavy atom. The number of carbonyl (C=O) groups is 1. The largest absolute Gasteiger partial charge is 0.495 e. The number of anilines is 5. The summed E-state index contributed by atoms with van der Waals surface area (Å²) in [6, 6.07) is 9.28. The number of hydrogen-bond acceptors (Lipinski definition) is 8. The lowest BCUT2D eigenvalue weighted by molar-refractivity contribution is 0.148. The number of nitrogen functional groups attached to an aromatic ring is 1. The summed E-state index contributed by atoms with van der Waals surface area (Å²) in [5.41, 5.74) is 8.63. The van der Waals surface area contributed by atoms with Crippen molar-refractivity contribution in [1.82, 2.24) is 9.97 Å². The number of methoxy groups -OCH3 is 2. The fourth-order valence-electron chi connectivity index (χ4n) is 3.66. The van der Waals surface area contributed by atoms with Gasteiger partial charge in [-0.05, 0) is 24.6 Å². The van der Waals surface area contributed by atoms with E-state index in [4.69, 9.17) is 43.1 Å². The molecule has 0 aliphatic heterocycles. The van der Waals surface area contributed by atoms with Crippen molar-refractivity contribution in [2.75, 3.05) is 55.5 Å². The van der Waals surface area contributed by atoms with E-state index in [1.165, 1.54) is 30.3 Å². The van der Waals surface area contributed by atoms with Crippen LogP contribution >= 0.6 is 23.2 Å². The number of halogens is 2. The van der Waals surface area contributed by atoms with Crippen LogP contribution in [0, 0.1) is 6.92 Å². The van der Waals surface area contributed by atoms with E-state index >= 15 is 0 Å². The van der Waals surface area contributed by atoms with Crippen molar-refractivity contribution < 1.29 is 19.0 Å². The van der Waals surface area contributed by atoms with Gasteiger partial charge in [0.05, 0.1) is 31.3 Å². The van der Waals surface area contributed by atoms with E-state index in [1.807, 2.05) is 25.1 Å². The Hall–Kier alpha value is -3.25. The third-order valence-electron chi connectivity index (χ3n) is 6.14. The van der Waals surface area contributed by atoms with E-state index in [2.05, 4.69) is 34.9 Å². The van der Waals surface area contributed by atoms with Crippen molar-refractivity contribution in [1.29, 1.82) is 0 Å². The van der Waals surface area contributed by atoms with Crippen LogP contribution in [0.2, 0.25) is 35.7 Å². The van der Waals surface area contributed by atoms with Gasteiger partial charge in [0.2, 0.25) is 0 Å². The van der Waals surface area contributed by atoms with Crippen molar-refractivity contribution in [3.8, 4) is 11.5 Å². The van der Waals surface area contributed by atoms with Gasteiger partial charge in [-0.1, -0.05) is 55.0 Å². The number of benzene rings is 2. The topological polar surface area (TPSA) is 115 Å². The number of nitrogens with one attached hydrogen (secondary N) is 1. The Labute approximate surface area is 246 Å². The average Bonchev–Trinajstić information content (AvgIpc) is 2.91. The Morgan fingerprint density at radius 3 is 2.33 bits per heavy atom. The van der Waals surface area contributed by atoms with Gasteiger partial charge >= 0.3 is 6.03 Å². The first-order valence-corrected chi connectivity index (χ1v) is 17.0. The van der Waals surface area contributed by atoms with Gasteiger partial charge in [-0.25, -0.2) is 14.8 Å². The molecule has 13 heteroatoms. The highest BCUT2D eigenvalue weighted by atomic mass is 35.5. The van der Waals surface area contributed by atoms with Crippen LogP contribution in [0.15, 0.2) is 36.7 Å². The van der Waals surface area contributed by atoms with Crippen LogP contribution < -0.4 is 30.3 Å². The number of amides is 2. The molecule has 0 saturated carbocycles. The Balaban J connectivity index is 1.97. The molecular weight excluding hydrogens is 571 g/mol. The number of para-hydroxylation sites is 1. The monoisotopic (exact) mass is 606 g/mol. The molecule has 2 amide bonds. The summed E-state index contributed by atoms with van der Waals surface area (Å²) in [7, 11) is 3.15. The number of carbonyl (C=O) groups excluding carboxylic acids is 1. The maximum atomic E-state index is 14.0. The van der Waals surface area contributed by atoms with Gasteiger partial charge in [0, 0.05) is 33.9 Å². The zero-order valence-corrected chi connectivity index (χ0v) is 26.4. The van der Waals surface area contributed by atoms with Crippen molar-refractivity contribution in [2.45, 2.75) is 32.6 Å². The van der Waals surface area contributed by atoms with Crippen molar-refractivity contribution in [2.24, 2.45) is 0 Å². The molecule has 0 aliphatic carbocycles. The maximum Gasteiger partial charge on any atom is 0.331 e. The van der Waals surface area contributed by atoms with Crippen LogP contribution in [0.4, 0.5) is 33.5 Å². The molecule has 0 spiro atoms. The Kier molecular flexibility index (Phi) is 10.5. The highest BCUT2D eigenvalue weighted by Gasteiger charge is 2.30. The maximum absolute atomic E-state index is 14.0. The van der Waals surface area contributed by atoms with Crippen LogP contribution in [-0.2, 0) is 4.74 Å². The molecule has 1 aromatic heterocycles. The van der Waals surface area contributed by atoms with Crippen LogP contribution in [0.3, 0.4) is 0 Å². The smallest absolute Gasteiger partial charge is 0.331 e. The second-order valence-electron chi connectivity index (χ2n) is 10.3. The molecule has 0 aliphatic rings. The molecule has 1 heterocycles. The zero-order chi connectivity index (χ0) is 29.6. The Bertz CT molecular complexity index is 1330. The SMILES string of the molecule is COc1cc(OC)c(Cl)c(N(COCC[Si](C)(C)C)C(=O)N(C)c2cc(Nc3cccc(C)c3N)ncn2)c1Cl. The molecule has 0 bridgehead atoms. The van der Waals surface area contributed by atoms with E-state index < -0.39 is 14.1 Å². The summed E-state index contributed by atoms with van der Waals surface area (Å²) >= 11 is 13.4. The van der Waals surface area contributed by atoms with Crippen LogP contribution in [0.25, 0.3) is 0 Å². The minimum absolute atomic E-state index is 0.112. The van der Waals surface area contributed by atoms with Gasteiger partial charge in [-0.2, -0.15) is 0 Å². The Morgan fingerprint density at radius 1 is 1.07 bits per heavy atom. The molecular formula is C27H36Cl2N6O4Si. The lowest BCUT2D eigenvalue weighted by Crippen LogP contribution is -2.43. The quantitative estimate of drug-likeness (QED) is 0.106. The third kappa shape index (κ3) is 7.48. The fourth-order valence-corrected chi connectivity index (χ4v) is 5.13. The van der Waals surface area contributed by atoms with Gasteiger partial charge in [0.25, 0.3) is 0 Å². The van der Waals surface area contributed by atoms with Gasteiger partial charge in [0.15, 0.2) is 0 Å². The molecule has 10 nitrogen and oxygen atoms in total. The minimum atomic E-state index is -1.37. The van der Waals surface area contributed by atoms with E-state index in [0.717, 1.165) is 11.6 Å². The number of urea groups is 1. The first kappa shape index (κ1) is 31.3. The molecule has 3 rings (SSSR count). The second-order valence-corrected chi connectivity index (χ2v) is 16.7. The van der Waals surface area contributed by atoms with Gasteiger partial charge in [-0.15, -0.1) is 0 Å². The van der Waals surface area contributed by atoms with Crippen LogP contribution in [0.5, 0.6) is 11.5 Å². The second kappa shape index (κ2) is 13.4. The molecule has 0 saturated heterocycles. The number of aromatic nitrogens is 2. The average molecular weight is 608 g/mol. The summed E-state index contributed by atoms with van der Waals surface area (Å²) in [4.78, 5) is 25.3. The molecule has 2 aromatic carbocycles. The summed E-state index contributed by atoms with van der Waals surface area (Å²) in [6.45, 7) is 9.03. The van der Waals surface area contributed by atoms with Gasteiger partial charge in [0.1, 0.15) is 46.2 Å². The standard InChI is InChI=1S/C27H36Cl2N6O4Si/c1-17-9-8-10-18(25(17)30)33-21-14-22(32-15-31-21)34(2)27(36)35(16-39-11-12-40(5,6)7)26-23(28)19(37-3)13-20(38-4)24(26)29/h8-10,13-15H,11-12,16,30H2,1-7H3,(H,31,32,33). The van der Waals surface area contributed by atoms with E-state index in [0.29, 0.717) is 41.1 Å². The van der Waals surface area contributed by atoms with Gasteiger partial charge in [-0.3, -0.25) is 9.80 Å². The summed E-state index contributed by atoms with van der Waals surface area (Å²) in [5.74, 6) is 1.37. The van der Waals surface area contributed by atoms with E-state index in [9.17, 15) is 4.79 Å². The normalized spacial score (nSPS) is 11.2. The lowest BCUT2D eigenvalue weighted by atomic mass is 10.2. The van der Waals surface area contributed by atoms with E-state index in [1.54, 1.807) is 19.2 Å².